The smallest absolute Gasteiger partial charge is 0.123 e. The van der Waals surface area contributed by atoms with Crippen molar-refractivity contribution in [2.75, 3.05) is 0 Å². The summed E-state index contributed by atoms with van der Waals surface area (Å²) in [4.78, 5) is 3.32. The van der Waals surface area contributed by atoms with E-state index < -0.39 is 0 Å². The lowest BCUT2D eigenvalue weighted by Gasteiger charge is -2.02. The summed E-state index contributed by atoms with van der Waals surface area (Å²) >= 11 is 0. The van der Waals surface area contributed by atoms with Crippen molar-refractivity contribution in [1.82, 2.24) is 4.98 Å². The first kappa shape index (κ1) is 9.25. The van der Waals surface area contributed by atoms with E-state index in [4.69, 9.17) is 0 Å². The fourth-order valence-electron chi connectivity index (χ4n) is 1.90. The molecule has 1 nitrogen and oxygen atoms in total. The second-order valence-corrected chi connectivity index (χ2v) is 4.01. The molecule has 1 aromatic heterocycles. The zero-order valence-electron chi connectivity index (χ0n) is 8.69. The number of nitrogens with one attached hydrogen (secondary N) is 1. The average molecular weight is 191 g/mol. The first-order valence-corrected chi connectivity index (χ1v) is 4.87. The van der Waals surface area contributed by atoms with Crippen molar-refractivity contribution in [2.45, 2.75) is 26.7 Å². The number of benzene rings is 1. The van der Waals surface area contributed by atoms with Gasteiger partial charge in [-0.05, 0) is 36.6 Å². The molecule has 0 spiro atoms. The standard InChI is InChI=1S/C12H14FN/c1-7(2)12-8(3)10-6-9(13)4-5-11(10)14-12/h4-7,14H,1-3H3. The van der Waals surface area contributed by atoms with E-state index >= 15 is 0 Å². The summed E-state index contributed by atoms with van der Waals surface area (Å²) in [6.07, 6.45) is 0. The van der Waals surface area contributed by atoms with Crippen molar-refractivity contribution in [3.05, 3.63) is 35.3 Å². The molecule has 0 amide bonds. The zero-order valence-corrected chi connectivity index (χ0v) is 8.69. The van der Waals surface area contributed by atoms with Crippen molar-refractivity contribution in [1.29, 1.82) is 0 Å². The molecular formula is C12H14FN. The van der Waals surface area contributed by atoms with Crippen LogP contribution < -0.4 is 0 Å². The largest absolute Gasteiger partial charge is 0.358 e. The summed E-state index contributed by atoms with van der Waals surface area (Å²) < 4.78 is 13.0. The van der Waals surface area contributed by atoms with Crippen molar-refractivity contribution >= 4 is 10.9 Å². The van der Waals surface area contributed by atoms with Crippen LogP contribution in [-0.2, 0) is 0 Å². The van der Waals surface area contributed by atoms with Gasteiger partial charge in [0, 0.05) is 16.6 Å². The Balaban J connectivity index is 2.74. The highest BCUT2D eigenvalue weighted by atomic mass is 19.1. The minimum atomic E-state index is -0.171. The molecule has 1 heterocycles. The quantitative estimate of drug-likeness (QED) is 0.706. The summed E-state index contributed by atoms with van der Waals surface area (Å²) in [5.41, 5.74) is 3.38. The highest BCUT2D eigenvalue weighted by molar-refractivity contribution is 5.84. The molecule has 0 bridgehead atoms. The number of hydrogen-bond donors (Lipinski definition) is 1. The molecule has 2 aromatic rings. The molecule has 14 heavy (non-hydrogen) atoms. The van der Waals surface area contributed by atoms with E-state index in [9.17, 15) is 4.39 Å². The lowest BCUT2D eigenvalue weighted by atomic mass is 10.1. The van der Waals surface area contributed by atoms with Crippen LogP contribution >= 0.6 is 0 Å². The maximum atomic E-state index is 13.0. The van der Waals surface area contributed by atoms with Gasteiger partial charge in [-0.1, -0.05) is 13.8 Å². The van der Waals surface area contributed by atoms with E-state index in [0.717, 1.165) is 16.5 Å². The Morgan fingerprint density at radius 2 is 2.00 bits per heavy atom. The number of aromatic nitrogens is 1. The van der Waals surface area contributed by atoms with Crippen LogP contribution in [0.2, 0.25) is 0 Å². The molecule has 0 aliphatic heterocycles. The van der Waals surface area contributed by atoms with Crippen LogP contribution in [0, 0.1) is 12.7 Å². The summed E-state index contributed by atoms with van der Waals surface area (Å²) in [6, 6.07) is 4.87. The topological polar surface area (TPSA) is 15.8 Å². The van der Waals surface area contributed by atoms with Gasteiger partial charge in [-0.3, -0.25) is 0 Å². The average Bonchev–Trinajstić information content (AvgIpc) is 2.44. The van der Waals surface area contributed by atoms with Gasteiger partial charge in [-0.2, -0.15) is 0 Å². The minimum Gasteiger partial charge on any atom is -0.358 e. The molecule has 0 saturated heterocycles. The second kappa shape index (κ2) is 3.12. The van der Waals surface area contributed by atoms with Gasteiger partial charge in [0.2, 0.25) is 0 Å². The van der Waals surface area contributed by atoms with Gasteiger partial charge in [0.1, 0.15) is 5.82 Å². The Bertz CT molecular complexity index is 468. The molecule has 0 atom stereocenters. The monoisotopic (exact) mass is 191 g/mol. The van der Waals surface area contributed by atoms with Crippen molar-refractivity contribution in [3.8, 4) is 0 Å². The van der Waals surface area contributed by atoms with Crippen LogP contribution in [0.25, 0.3) is 10.9 Å². The summed E-state index contributed by atoms with van der Waals surface area (Å²) in [5.74, 6) is 0.278. The molecule has 1 aromatic carbocycles. The maximum absolute atomic E-state index is 13.0. The zero-order chi connectivity index (χ0) is 10.3. The number of aromatic amines is 1. The van der Waals surface area contributed by atoms with E-state index in [-0.39, 0.29) is 5.82 Å². The van der Waals surface area contributed by atoms with E-state index in [0.29, 0.717) is 5.92 Å². The lowest BCUT2D eigenvalue weighted by Crippen LogP contribution is -1.88. The van der Waals surface area contributed by atoms with Gasteiger partial charge in [-0.15, -0.1) is 0 Å². The molecular weight excluding hydrogens is 177 g/mol. The van der Waals surface area contributed by atoms with Gasteiger partial charge < -0.3 is 4.98 Å². The van der Waals surface area contributed by atoms with E-state index in [1.165, 1.54) is 11.8 Å². The fraction of sp³-hybridized carbons (Fsp3) is 0.333. The summed E-state index contributed by atoms with van der Waals surface area (Å²) in [5, 5.41) is 0.994. The van der Waals surface area contributed by atoms with Crippen LogP contribution in [0.15, 0.2) is 18.2 Å². The predicted octanol–water partition coefficient (Wildman–Crippen LogP) is 3.74. The molecule has 0 unspecified atom stereocenters. The van der Waals surface area contributed by atoms with Crippen molar-refractivity contribution in [3.63, 3.8) is 0 Å². The molecule has 0 fully saturated rings. The Hall–Kier alpha value is -1.31. The molecule has 0 radical (unpaired) electrons. The van der Waals surface area contributed by atoms with Gasteiger partial charge in [-0.25, -0.2) is 4.39 Å². The predicted molar refractivity (Wildman–Crippen MR) is 57.1 cm³/mol. The van der Waals surface area contributed by atoms with Crippen molar-refractivity contribution < 1.29 is 4.39 Å². The highest BCUT2D eigenvalue weighted by Gasteiger charge is 2.10. The molecule has 74 valence electrons. The Labute approximate surface area is 82.9 Å². The van der Waals surface area contributed by atoms with Crippen LogP contribution in [0.5, 0.6) is 0 Å². The SMILES string of the molecule is Cc1c(C(C)C)[nH]c2ccc(F)cc12. The van der Waals surface area contributed by atoms with Gasteiger partial charge in [0.05, 0.1) is 0 Å². The van der Waals surface area contributed by atoms with E-state index in [1.807, 2.05) is 6.92 Å². The molecule has 0 saturated carbocycles. The molecule has 0 aliphatic rings. The fourth-order valence-corrected chi connectivity index (χ4v) is 1.90. The number of fused-ring (bicyclic) bond motifs is 1. The Morgan fingerprint density at radius 1 is 1.29 bits per heavy atom. The van der Waals surface area contributed by atoms with E-state index in [2.05, 4.69) is 18.8 Å². The maximum Gasteiger partial charge on any atom is 0.123 e. The number of hydrogen-bond acceptors (Lipinski definition) is 0. The molecule has 2 heteroatoms. The van der Waals surface area contributed by atoms with Crippen LogP contribution in [0.3, 0.4) is 0 Å². The normalized spacial score (nSPS) is 11.5. The molecule has 0 aliphatic carbocycles. The van der Waals surface area contributed by atoms with Crippen LogP contribution in [-0.4, -0.2) is 4.98 Å². The van der Waals surface area contributed by atoms with Gasteiger partial charge >= 0.3 is 0 Å². The third kappa shape index (κ3) is 1.31. The number of rotatable bonds is 1. The first-order chi connectivity index (χ1) is 6.59. The van der Waals surface area contributed by atoms with Crippen molar-refractivity contribution in [2.24, 2.45) is 0 Å². The number of H-pyrrole nitrogens is 1. The third-order valence-corrected chi connectivity index (χ3v) is 2.64. The highest BCUT2D eigenvalue weighted by Crippen LogP contribution is 2.26. The number of halogens is 1. The molecule has 1 N–H and O–H groups in total. The Morgan fingerprint density at radius 3 is 2.64 bits per heavy atom. The minimum absolute atomic E-state index is 0.171. The molecule has 2 rings (SSSR count). The third-order valence-electron chi connectivity index (χ3n) is 2.64. The number of aryl methyl sites for hydroxylation is 1. The lowest BCUT2D eigenvalue weighted by molar-refractivity contribution is 0.629. The van der Waals surface area contributed by atoms with Gasteiger partial charge in [0.25, 0.3) is 0 Å². The Kier molecular flexibility index (Phi) is 2.06. The van der Waals surface area contributed by atoms with Gasteiger partial charge in [0.15, 0.2) is 0 Å². The van der Waals surface area contributed by atoms with E-state index in [1.54, 1.807) is 12.1 Å². The second-order valence-electron chi connectivity index (χ2n) is 4.01. The summed E-state index contributed by atoms with van der Waals surface area (Å²) in [7, 11) is 0. The summed E-state index contributed by atoms with van der Waals surface area (Å²) in [6.45, 7) is 6.30. The van der Waals surface area contributed by atoms with Crippen LogP contribution in [0.1, 0.15) is 31.0 Å². The first-order valence-electron chi connectivity index (χ1n) is 4.87. The van der Waals surface area contributed by atoms with Crippen LogP contribution in [0.4, 0.5) is 4.39 Å².